The fraction of sp³-hybridized carbons (Fsp3) is 0.500. The lowest BCUT2D eigenvalue weighted by Gasteiger charge is -2.22. The molecule has 3 rings (SSSR count). The van der Waals surface area contributed by atoms with Crippen molar-refractivity contribution in [1.82, 2.24) is 20.0 Å². The van der Waals surface area contributed by atoms with E-state index in [1.165, 1.54) is 6.42 Å². The van der Waals surface area contributed by atoms with E-state index < -0.39 is 0 Å². The van der Waals surface area contributed by atoms with Crippen LogP contribution in [-0.4, -0.2) is 26.6 Å². The van der Waals surface area contributed by atoms with Crippen LogP contribution in [0.2, 0.25) is 0 Å². The maximum Gasteiger partial charge on any atom is 0.181 e. The summed E-state index contributed by atoms with van der Waals surface area (Å²) in [6.45, 7) is 0.804. The lowest BCUT2D eigenvalue weighted by Crippen LogP contribution is -2.19. The summed E-state index contributed by atoms with van der Waals surface area (Å²) in [6.07, 6.45) is 5.08. The number of fused-ring (bicyclic) bond motifs is 1. The summed E-state index contributed by atoms with van der Waals surface area (Å²) >= 11 is 0. The molecule has 1 atom stereocenters. The van der Waals surface area contributed by atoms with E-state index in [2.05, 4.69) is 15.3 Å². The van der Waals surface area contributed by atoms with Crippen LogP contribution >= 0.6 is 0 Å². The predicted molar refractivity (Wildman–Crippen MR) is 54.2 cm³/mol. The van der Waals surface area contributed by atoms with Crippen LogP contribution in [0.15, 0.2) is 18.3 Å². The van der Waals surface area contributed by atoms with Crippen molar-refractivity contribution in [1.29, 1.82) is 0 Å². The van der Waals surface area contributed by atoms with Crippen LogP contribution in [0.25, 0.3) is 11.2 Å². The Morgan fingerprint density at radius 1 is 1.40 bits per heavy atom. The standard InChI is InChI=1S/C10H12N4O/c1-2-7-15-9(5-1)14-10-8(12-13-14)4-3-6-11-10/h3-4,6,9H,1-2,5,7H2. The molecular formula is C10H12N4O. The fourth-order valence-electron chi connectivity index (χ4n) is 1.89. The zero-order valence-corrected chi connectivity index (χ0v) is 8.33. The Labute approximate surface area is 87.1 Å². The molecule has 0 bridgehead atoms. The Balaban J connectivity index is 2.02. The third-order valence-electron chi connectivity index (χ3n) is 2.66. The number of nitrogens with zero attached hydrogens (tertiary/aromatic N) is 4. The van der Waals surface area contributed by atoms with Crippen LogP contribution in [0.5, 0.6) is 0 Å². The molecule has 3 heterocycles. The van der Waals surface area contributed by atoms with Crippen molar-refractivity contribution in [2.24, 2.45) is 0 Å². The molecule has 0 radical (unpaired) electrons. The third kappa shape index (κ3) is 1.48. The highest BCUT2D eigenvalue weighted by atomic mass is 16.5. The smallest absolute Gasteiger partial charge is 0.181 e. The van der Waals surface area contributed by atoms with E-state index in [1.54, 1.807) is 10.9 Å². The summed E-state index contributed by atoms with van der Waals surface area (Å²) in [5.41, 5.74) is 1.64. The van der Waals surface area contributed by atoms with Gasteiger partial charge in [0.15, 0.2) is 11.9 Å². The van der Waals surface area contributed by atoms with Crippen molar-refractivity contribution >= 4 is 11.2 Å². The van der Waals surface area contributed by atoms with E-state index in [4.69, 9.17) is 4.74 Å². The lowest BCUT2D eigenvalue weighted by atomic mass is 10.2. The maximum absolute atomic E-state index is 5.65. The Morgan fingerprint density at radius 3 is 3.27 bits per heavy atom. The topological polar surface area (TPSA) is 52.8 Å². The Kier molecular flexibility index (Phi) is 2.10. The molecule has 0 amide bonds. The van der Waals surface area contributed by atoms with Crippen LogP contribution in [0.4, 0.5) is 0 Å². The third-order valence-corrected chi connectivity index (χ3v) is 2.66. The molecule has 5 heteroatoms. The molecule has 1 aliphatic rings. The second-order valence-electron chi connectivity index (χ2n) is 3.70. The van der Waals surface area contributed by atoms with Gasteiger partial charge in [-0.2, -0.15) is 4.68 Å². The van der Waals surface area contributed by atoms with Crippen LogP contribution in [0.1, 0.15) is 25.5 Å². The van der Waals surface area contributed by atoms with Gasteiger partial charge in [0.05, 0.1) is 0 Å². The number of hydrogen-bond donors (Lipinski definition) is 0. The maximum atomic E-state index is 5.65. The molecule has 0 aromatic carbocycles. The monoisotopic (exact) mass is 204 g/mol. The van der Waals surface area contributed by atoms with Crippen LogP contribution in [0, 0.1) is 0 Å². The first-order valence-electron chi connectivity index (χ1n) is 5.23. The minimum Gasteiger partial charge on any atom is -0.356 e. The van der Waals surface area contributed by atoms with E-state index in [-0.39, 0.29) is 6.23 Å². The second kappa shape index (κ2) is 3.58. The van der Waals surface area contributed by atoms with Crippen molar-refractivity contribution in [3.8, 4) is 0 Å². The van der Waals surface area contributed by atoms with Gasteiger partial charge in [0.2, 0.25) is 0 Å². The van der Waals surface area contributed by atoms with E-state index in [0.717, 1.165) is 30.6 Å². The Hall–Kier alpha value is -1.49. The molecule has 78 valence electrons. The van der Waals surface area contributed by atoms with Crippen LogP contribution in [0.3, 0.4) is 0 Å². The first kappa shape index (κ1) is 8.79. The summed E-state index contributed by atoms with van der Waals surface area (Å²) in [7, 11) is 0. The van der Waals surface area contributed by atoms with Crippen molar-refractivity contribution in [2.75, 3.05) is 6.61 Å². The van der Waals surface area contributed by atoms with Gasteiger partial charge < -0.3 is 4.74 Å². The number of rotatable bonds is 1. The largest absolute Gasteiger partial charge is 0.356 e. The highest BCUT2D eigenvalue weighted by Crippen LogP contribution is 2.23. The van der Waals surface area contributed by atoms with Gasteiger partial charge >= 0.3 is 0 Å². The van der Waals surface area contributed by atoms with E-state index >= 15 is 0 Å². The van der Waals surface area contributed by atoms with Gasteiger partial charge in [0.1, 0.15) is 5.52 Å². The van der Waals surface area contributed by atoms with E-state index in [0.29, 0.717) is 0 Å². The number of aromatic nitrogens is 4. The lowest BCUT2D eigenvalue weighted by molar-refractivity contribution is -0.0380. The quantitative estimate of drug-likeness (QED) is 0.706. The van der Waals surface area contributed by atoms with Crippen molar-refractivity contribution in [2.45, 2.75) is 25.5 Å². The van der Waals surface area contributed by atoms with Gasteiger partial charge in [-0.15, -0.1) is 5.10 Å². The zero-order chi connectivity index (χ0) is 10.1. The van der Waals surface area contributed by atoms with Gasteiger partial charge in [0, 0.05) is 12.8 Å². The first-order valence-corrected chi connectivity index (χ1v) is 5.23. The van der Waals surface area contributed by atoms with Crippen molar-refractivity contribution < 1.29 is 4.74 Å². The normalized spacial score (nSPS) is 22.0. The number of hydrogen-bond acceptors (Lipinski definition) is 4. The Morgan fingerprint density at radius 2 is 2.40 bits per heavy atom. The molecule has 0 saturated carbocycles. The first-order chi connectivity index (χ1) is 7.45. The van der Waals surface area contributed by atoms with E-state index in [9.17, 15) is 0 Å². The molecule has 1 saturated heterocycles. The minimum atomic E-state index is 0.0126. The van der Waals surface area contributed by atoms with Crippen molar-refractivity contribution in [3.63, 3.8) is 0 Å². The SMILES string of the molecule is c1cnc2c(c1)nnn2C1CCCCO1. The van der Waals surface area contributed by atoms with Gasteiger partial charge in [-0.25, -0.2) is 4.98 Å². The molecule has 15 heavy (non-hydrogen) atoms. The van der Waals surface area contributed by atoms with Crippen LogP contribution < -0.4 is 0 Å². The average Bonchev–Trinajstić information content (AvgIpc) is 2.74. The fourth-order valence-corrected chi connectivity index (χ4v) is 1.89. The highest BCUT2D eigenvalue weighted by Gasteiger charge is 2.19. The zero-order valence-electron chi connectivity index (χ0n) is 8.33. The molecule has 0 N–H and O–H groups in total. The minimum absolute atomic E-state index is 0.0126. The van der Waals surface area contributed by atoms with Crippen LogP contribution in [-0.2, 0) is 4.74 Å². The summed E-state index contributed by atoms with van der Waals surface area (Å²) < 4.78 is 7.44. The van der Waals surface area contributed by atoms with Gasteiger partial charge in [-0.3, -0.25) is 0 Å². The molecule has 0 aliphatic carbocycles. The number of pyridine rings is 1. The molecule has 2 aromatic heterocycles. The number of ether oxygens (including phenoxy) is 1. The van der Waals surface area contributed by atoms with Gasteiger partial charge in [-0.05, 0) is 31.4 Å². The molecule has 1 unspecified atom stereocenters. The molecule has 1 aliphatic heterocycles. The van der Waals surface area contributed by atoms with Crippen molar-refractivity contribution in [3.05, 3.63) is 18.3 Å². The second-order valence-corrected chi connectivity index (χ2v) is 3.70. The van der Waals surface area contributed by atoms with E-state index in [1.807, 2.05) is 12.1 Å². The summed E-state index contributed by atoms with van der Waals surface area (Å²) in [4.78, 5) is 4.27. The molecule has 2 aromatic rings. The molecular weight excluding hydrogens is 192 g/mol. The predicted octanol–water partition coefficient (Wildman–Crippen LogP) is 1.53. The molecule has 0 spiro atoms. The van der Waals surface area contributed by atoms with Gasteiger partial charge in [0.25, 0.3) is 0 Å². The summed E-state index contributed by atoms with van der Waals surface area (Å²) in [5, 5.41) is 8.16. The Bertz CT molecular complexity index is 461. The average molecular weight is 204 g/mol. The summed E-state index contributed by atoms with van der Waals surface area (Å²) in [6, 6.07) is 3.78. The van der Waals surface area contributed by atoms with Gasteiger partial charge in [-0.1, -0.05) is 5.21 Å². The molecule has 1 fully saturated rings. The highest BCUT2D eigenvalue weighted by molar-refractivity contribution is 5.68. The summed E-state index contributed by atoms with van der Waals surface area (Å²) in [5.74, 6) is 0. The molecule has 5 nitrogen and oxygen atoms in total.